The van der Waals surface area contributed by atoms with Crippen LogP contribution in [0.4, 0.5) is 10.1 Å². The number of rotatable bonds is 4. The number of hydrogen-bond acceptors (Lipinski definition) is 7. The van der Waals surface area contributed by atoms with Crippen LogP contribution in [-0.4, -0.2) is 40.1 Å². The summed E-state index contributed by atoms with van der Waals surface area (Å²) in [4.78, 5) is 11.3. The van der Waals surface area contributed by atoms with Crippen LogP contribution in [0.5, 0.6) is 5.88 Å². The average molecular weight is 417 g/mol. The second-order valence-electron chi connectivity index (χ2n) is 4.63. The molecule has 0 aliphatic rings. The fraction of sp³-hybridized carbons (Fsp3) is 0.167. The van der Waals surface area contributed by atoms with Crippen molar-refractivity contribution in [1.29, 1.82) is 0 Å². The number of sulfonamides is 1. The Labute approximate surface area is 144 Å². The first-order valence-electron chi connectivity index (χ1n) is 6.42. The Hall–Kier alpha value is -2.34. The Morgan fingerprint density at radius 3 is 2.79 bits per heavy atom. The van der Waals surface area contributed by atoms with Crippen LogP contribution in [0.3, 0.4) is 0 Å². The highest BCUT2D eigenvalue weighted by Crippen LogP contribution is 2.23. The molecule has 0 aliphatic carbocycles. The summed E-state index contributed by atoms with van der Waals surface area (Å²) in [5, 5.41) is 3.32. The molecule has 3 aromatic heterocycles. The van der Waals surface area contributed by atoms with Gasteiger partial charge in [0.25, 0.3) is 21.1 Å². The third-order valence-electron chi connectivity index (χ3n) is 3.02. The molecule has 3 rings (SSSR count). The number of halogens is 2. The van der Waals surface area contributed by atoms with E-state index in [1.165, 1.54) is 30.1 Å². The highest BCUT2D eigenvalue weighted by molar-refractivity contribution is 9.10. The molecule has 0 aliphatic heterocycles. The molecule has 12 heteroatoms. The summed E-state index contributed by atoms with van der Waals surface area (Å²) in [6.45, 7) is 1.55. The fourth-order valence-corrected chi connectivity index (χ4v) is 3.26. The van der Waals surface area contributed by atoms with Crippen LogP contribution >= 0.6 is 15.9 Å². The molecule has 3 aromatic rings. The minimum absolute atomic E-state index is 0.0852. The van der Waals surface area contributed by atoms with Gasteiger partial charge in [-0.05, 0) is 34.5 Å². The summed E-state index contributed by atoms with van der Waals surface area (Å²) in [5.74, 6) is -0.855. The summed E-state index contributed by atoms with van der Waals surface area (Å²) in [7, 11) is -2.86. The van der Waals surface area contributed by atoms with Gasteiger partial charge in [-0.3, -0.25) is 4.72 Å². The highest BCUT2D eigenvalue weighted by Gasteiger charge is 2.25. The van der Waals surface area contributed by atoms with E-state index < -0.39 is 21.1 Å². The van der Waals surface area contributed by atoms with Crippen molar-refractivity contribution in [2.45, 2.75) is 12.1 Å². The van der Waals surface area contributed by atoms with Gasteiger partial charge in [0.15, 0.2) is 0 Å². The number of ether oxygens (including phenoxy) is 1. The predicted molar refractivity (Wildman–Crippen MR) is 84.8 cm³/mol. The second kappa shape index (κ2) is 5.94. The van der Waals surface area contributed by atoms with Gasteiger partial charge in [0, 0.05) is 6.20 Å². The molecule has 3 heterocycles. The van der Waals surface area contributed by atoms with E-state index in [0.29, 0.717) is 10.2 Å². The fourth-order valence-electron chi connectivity index (χ4n) is 1.89. The first-order chi connectivity index (χ1) is 11.3. The van der Waals surface area contributed by atoms with Crippen molar-refractivity contribution in [3.8, 4) is 5.88 Å². The number of nitrogens with one attached hydrogen (secondary N) is 1. The van der Waals surface area contributed by atoms with Gasteiger partial charge in [0.05, 0.1) is 13.3 Å². The molecule has 1 N–H and O–H groups in total. The van der Waals surface area contributed by atoms with Crippen LogP contribution in [0.25, 0.3) is 5.65 Å². The second-order valence-corrected chi connectivity index (χ2v) is 7.02. The Bertz CT molecular complexity index is 1020. The van der Waals surface area contributed by atoms with Crippen molar-refractivity contribution in [1.82, 2.24) is 24.6 Å². The molecular weight excluding hydrogens is 407 g/mol. The van der Waals surface area contributed by atoms with Crippen molar-refractivity contribution in [3.63, 3.8) is 0 Å². The summed E-state index contributed by atoms with van der Waals surface area (Å²) >= 11 is 3.15. The van der Waals surface area contributed by atoms with Gasteiger partial charge in [-0.25, -0.2) is 14.5 Å². The van der Waals surface area contributed by atoms with Crippen LogP contribution in [0.1, 0.15) is 5.56 Å². The van der Waals surface area contributed by atoms with Gasteiger partial charge in [-0.1, -0.05) is 0 Å². The molecule has 0 aromatic carbocycles. The largest absolute Gasteiger partial charge is 0.478 e. The number of hydrogen-bond donors (Lipinski definition) is 1. The summed E-state index contributed by atoms with van der Waals surface area (Å²) < 4.78 is 47.4. The standard InChI is InChI=1S/C12H10BrFN6O3S/c1-6-3-4-15-9(14)8(6)19-24(21,22)12-17-10-11(23-2)16-7(13)5-20(10)18-12/h3-5,19H,1-2H3. The van der Waals surface area contributed by atoms with Gasteiger partial charge in [0.2, 0.25) is 11.6 Å². The zero-order valence-electron chi connectivity index (χ0n) is 12.4. The predicted octanol–water partition coefficient (Wildman–Crippen LogP) is 1.54. The maximum absolute atomic E-state index is 13.8. The Morgan fingerprint density at radius 1 is 1.38 bits per heavy atom. The van der Waals surface area contributed by atoms with E-state index in [1.54, 1.807) is 6.92 Å². The van der Waals surface area contributed by atoms with Crippen LogP contribution in [-0.2, 0) is 10.0 Å². The van der Waals surface area contributed by atoms with Gasteiger partial charge in [0.1, 0.15) is 10.3 Å². The molecule has 0 saturated heterocycles. The molecule has 0 amide bonds. The van der Waals surface area contributed by atoms with E-state index in [9.17, 15) is 12.8 Å². The number of methoxy groups -OCH3 is 1. The van der Waals surface area contributed by atoms with Crippen molar-refractivity contribution < 1.29 is 17.5 Å². The molecule has 0 atom stereocenters. The first-order valence-corrected chi connectivity index (χ1v) is 8.70. The van der Waals surface area contributed by atoms with E-state index >= 15 is 0 Å². The highest BCUT2D eigenvalue weighted by atomic mass is 79.9. The number of pyridine rings is 1. The molecule has 9 nitrogen and oxygen atoms in total. The third-order valence-corrected chi connectivity index (χ3v) is 4.53. The van der Waals surface area contributed by atoms with Gasteiger partial charge in [-0.2, -0.15) is 17.8 Å². The summed E-state index contributed by atoms with van der Waals surface area (Å²) in [6, 6.07) is 1.47. The van der Waals surface area contributed by atoms with E-state index in [4.69, 9.17) is 4.74 Å². The number of aryl methyl sites for hydroxylation is 1. The average Bonchev–Trinajstić information content (AvgIpc) is 2.95. The van der Waals surface area contributed by atoms with Crippen LogP contribution in [0, 0.1) is 12.9 Å². The van der Waals surface area contributed by atoms with Crippen molar-refractivity contribution in [2.75, 3.05) is 11.8 Å². The monoisotopic (exact) mass is 416 g/mol. The smallest absolute Gasteiger partial charge is 0.299 e. The zero-order chi connectivity index (χ0) is 17.5. The van der Waals surface area contributed by atoms with Crippen molar-refractivity contribution in [2.24, 2.45) is 0 Å². The molecule has 126 valence electrons. The maximum atomic E-state index is 13.8. The zero-order valence-corrected chi connectivity index (χ0v) is 14.8. The summed E-state index contributed by atoms with van der Waals surface area (Å²) in [6.07, 6.45) is 2.65. The van der Waals surface area contributed by atoms with Crippen LogP contribution in [0.15, 0.2) is 28.2 Å². The molecule has 0 unspecified atom stereocenters. The lowest BCUT2D eigenvalue weighted by Crippen LogP contribution is -2.17. The Morgan fingerprint density at radius 2 is 2.12 bits per heavy atom. The number of nitrogens with zero attached hydrogens (tertiary/aromatic N) is 5. The van der Waals surface area contributed by atoms with E-state index in [-0.39, 0.29) is 17.2 Å². The normalized spacial score (nSPS) is 11.7. The Balaban J connectivity index is 2.09. The molecule has 0 spiro atoms. The van der Waals surface area contributed by atoms with Crippen LogP contribution < -0.4 is 9.46 Å². The van der Waals surface area contributed by atoms with Gasteiger partial charge < -0.3 is 4.74 Å². The number of anilines is 1. The SMILES string of the molecule is COc1nc(Br)cn2nc(S(=O)(=O)Nc3c(C)ccnc3F)nc12. The molecule has 24 heavy (non-hydrogen) atoms. The van der Waals surface area contributed by atoms with E-state index in [1.807, 2.05) is 0 Å². The summed E-state index contributed by atoms with van der Waals surface area (Å²) in [5.41, 5.74) is 0.212. The molecule has 0 saturated carbocycles. The molecule has 0 bridgehead atoms. The number of fused-ring (bicyclic) bond motifs is 1. The van der Waals surface area contributed by atoms with Crippen LogP contribution in [0.2, 0.25) is 0 Å². The minimum atomic E-state index is -4.23. The molecular formula is C12H10BrFN6O3S. The van der Waals surface area contributed by atoms with Gasteiger partial charge in [-0.15, -0.1) is 5.10 Å². The quantitative estimate of drug-likeness (QED) is 0.641. The first kappa shape index (κ1) is 16.5. The molecule has 0 fully saturated rings. The van der Waals surface area contributed by atoms with Gasteiger partial charge >= 0.3 is 0 Å². The third kappa shape index (κ3) is 2.89. The van der Waals surface area contributed by atoms with E-state index in [2.05, 4.69) is 40.7 Å². The number of aromatic nitrogens is 5. The van der Waals surface area contributed by atoms with E-state index in [0.717, 1.165) is 0 Å². The van der Waals surface area contributed by atoms with Crippen molar-refractivity contribution >= 4 is 37.3 Å². The Kier molecular flexibility index (Phi) is 4.09. The van der Waals surface area contributed by atoms with Crippen molar-refractivity contribution in [3.05, 3.63) is 34.6 Å². The lowest BCUT2D eigenvalue weighted by molar-refractivity contribution is 0.398. The lowest BCUT2D eigenvalue weighted by Gasteiger charge is -2.07. The maximum Gasteiger partial charge on any atom is 0.299 e. The molecule has 0 radical (unpaired) electrons. The lowest BCUT2D eigenvalue weighted by atomic mass is 10.2. The topological polar surface area (TPSA) is 111 Å². The minimum Gasteiger partial charge on any atom is -0.478 e.